The van der Waals surface area contributed by atoms with Crippen LogP contribution >= 0.6 is 0 Å². The SMILES string of the molecule is C=CC1CCC1(N)c1cc(C#N)ccn1. The van der Waals surface area contributed by atoms with Crippen LogP contribution in [0.15, 0.2) is 31.0 Å². The fourth-order valence-electron chi connectivity index (χ4n) is 2.02. The van der Waals surface area contributed by atoms with Gasteiger partial charge in [-0.15, -0.1) is 6.58 Å². The summed E-state index contributed by atoms with van der Waals surface area (Å²) in [7, 11) is 0. The van der Waals surface area contributed by atoms with Crippen LogP contribution < -0.4 is 5.73 Å². The zero-order valence-electron chi connectivity index (χ0n) is 8.48. The maximum absolute atomic E-state index is 8.80. The molecule has 1 aliphatic carbocycles. The van der Waals surface area contributed by atoms with Gasteiger partial charge in [-0.2, -0.15) is 5.26 Å². The van der Waals surface area contributed by atoms with Crippen LogP contribution in [0.1, 0.15) is 24.1 Å². The molecule has 0 bridgehead atoms. The van der Waals surface area contributed by atoms with Crippen molar-refractivity contribution < 1.29 is 0 Å². The van der Waals surface area contributed by atoms with Gasteiger partial charge in [-0.1, -0.05) is 6.08 Å². The summed E-state index contributed by atoms with van der Waals surface area (Å²) >= 11 is 0. The molecule has 15 heavy (non-hydrogen) atoms. The van der Waals surface area contributed by atoms with Gasteiger partial charge in [0.25, 0.3) is 0 Å². The lowest BCUT2D eigenvalue weighted by Crippen LogP contribution is -2.51. The third-order valence-corrected chi connectivity index (χ3v) is 3.18. The van der Waals surface area contributed by atoms with Gasteiger partial charge in [0, 0.05) is 12.1 Å². The van der Waals surface area contributed by atoms with Crippen LogP contribution in [-0.2, 0) is 5.54 Å². The highest BCUT2D eigenvalue weighted by Crippen LogP contribution is 2.44. The first-order chi connectivity index (χ1) is 7.20. The molecule has 0 radical (unpaired) electrons. The van der Waals surface area contributed by atoms with Gasteiger partial charge >= 0.3 is 0 Å². The maximum Gasteiger partial charge on any atom is 0.0992 e. The molecular formula is C12H13N3. The number of rotatable bonds is 2. The van der Waals surface area contributed by atoms with E-state index in [4.69, 9.17) is 11.0 Å². The monoisotopic (exact) mass is 199 g/mol. The first-order valence-corrected chi connectivity index (χ1v) is 4.99. The van der Waals surface area contributed by atoms with Gasteiger partial charge in [-0.05, 0) is 25.0 Å². The Morgan fingerprint density at radius 3 is 3.07 bits per heavy atom. The summed E-state index contributed by atoms with van der Waals surface area (Å²) < 4.78 is 0. The molecule has 1 aromatic heterocycles. The molecule has 0 saturated heterocycles. The normalized spacial score (nSPS) is 28.9. The predicted molar refractivity (Wildman–Crippen MR) is 57.7 cm³/mol. The van der Waals surface area contributed by atoms with Crippen LogP contribution in [0.2, 0.25) is 0 Å². The topological polar surface area (TPSA) is 62.7 Å². The molecule has 3 nitrogen and oxygen atoms in total. The van der Waals surface area contributed by atoms with Crippen LogP contribution in [0.25, 0.3) is 0 Å². The Kier molecular flexibility index (Phi) is 2.29. The molecule has 2 N–H and O–H groups in total. The molecule has 1 aromatic rings. The minimum absolute atomic E-state index is 0.277. The summed E-state index contributed by atoms with van der Waals surface area (Å²) in [6.07, 6.45) is 5.48. The van der Waals surface area contributed by atoms with E-state index < -0.39 is 5.54 Å². The summed E-state index contributed by atoms with van der Waals surface area (Å²) in [6.45, 7) is 3.77. The average molecular weight is 199 g/mol. The van der Waals surface area contributed by atoms with E-state index in [2.05, 4.69) is 17.6 Å². The summed E-state index contributed by atoms with van der Waals surface area (Å²) in [5, 5.41) is 8.80. The van der Waals surface area contributed by atoms with Crippen molar-refractivity contribution in [2.75, 3.05) is 0 Å². The Hall–Kier alpha value is -1.66. The van der Waals surface area contributed by atoms with E-state index in [0.717, 1.165) is 18.5 Å². The average Bonchev–Trinajstić information content (AvgIpc) is 2.27. The zero-order valence-corrected chi connectivity index (χ0v) is 8.48. The van der Waals surface area contributed by atoms with E-state index in [1.807, 2.05) is 6.08 Å². The van der Waals surface area contributed by atoms with E-state index in [1.165, 1.54) is 0 Å². The number of pyridine rings is 1. The number of hydrogen-bond acceptors (Lipinski definition) is 3. The van der Waals surface area contributed by atoms with Crippen molar-refractivity contribution in [3.05, 3.63) is 42.2 Å². The van der Waals surface area contributed by atoms with E-state index in [1.54, 1.807) is 18.3 Å². The highest BCUT2D eigenvalue weighted by molar-refractivity contribution is 5.33. The lowest BCUT2D eigenvalue weighted by atomic mass is 9.65. The van der Waals surface area contributed by atoms with Crippen molar-refractivity contribution in [2.24, 2.45) is 11.7 Å². The lowest BCUT2D eigenvalue weighted by molar-refractivity contribution is 0.167. The minimum atomic E-state index is -0.408. The Morgan fingerprint density at radius 1 is 1.73 bits per heavy atom. The molecule has 2 rings (SSSR count). The Balaban J connectivity index is 2.37. The van der Waals surface area contributed by atoms with Crippen molar-refractivity contribution >= 4 is 0 Å². The second-order valence-electron chi connectivity index (χ2n) is 3.96. The maximum atomic E-state index is 8.80. The van der Waals surface area contributed by atoms with E-state index in [0.29, 0.717) is 5.56 Å². The molecule has 0 spiro atoms. The Morgan fingerprint density at radius 2 is 2.53 bits per heavy atom. The van der Waals surface area contributed by atoms with Gasteiger partial charge in [0.15, 0.2) is 0 Å². The fraction of sp³-hybridized carbons (Fsp3) is 0.333. The van der Waals surface area contributed by atoms with E-state index >= 15 is 0 Å². The third-order valence-electron chi connectivity index (χ3n) is 3.18. The summed E-state index contributed by atoms with van der Waals surface area (Å²) in [4.78, 5) is 4.26. The summed E-state index contributed by atoms with van der Waals surface area (Å²) in [5.41, 5.74) is 7.27. The van der Waals surface area contributed by atoms with Crippen molar-refractivity contribution in [3.63, 3.8) is 0 Å². The van der Waals surface area contributed by atoms with Crippen LogP contribution in [0.4, 0.5) is 0 Å². The number of hydrogen-bond donors (Lipinski definition) is 1. The Bertz CT molecular complexity index is 433. The van der Waals surface area contributed by atoms with E-state index in [9.17, 15) is 0 Å². The quantitative estimate of drug-likeness (QED) is 0.737. The van der Waals surface area contributed by atoms with Crippen molar-refractivity contribution in [2.45, 2.75) is 18.4 Å². The number of nitrogens with two attached hydrogens (primary N) is 1. The molecule has 1 fully saturated rings. The first-order valence-electron chi connectivity index (χ1n) is 4.99. The smallest absolute Gasteiger partial charge is 0.0992 e. The highest BCUT2D eigenvalue weighted by Gasteiger charge is 2.44. The molecule has 3 heteroatoms. The largest absolute Gasteiger partial charge is 0.320 e. The van der Waals surface area contributed by atoms with Gasteiger partial charge in [0.05, 0.1) is 22.9 Å². The number of aromatic nitrogens is 1. The minimum Gasteiger partial charge on any atom is -0.320 e. The second-order valence-corrected chi connectivity index (χ2v) is 3.96. The highest BCUT2D eigenvalue weighted by atomic mass is 14.9. The van der Waals surface area contributed by atoms with Crippen LogP contribution in [-0.4, -0.2) is 4.98 Å². The number of nitriles is 1. The molecule has 2 atom stereocenters. The molecule has 0 aliphatic heterocycles. The van der Waals surface area contributed by atoms with Crippen LogP contribution in [0.3, 0.4) is 0 Å². The summed E-state index contributed by atoms with van der Waals surface area (Å²) in [6, 6.07) is 5.56. The van der Waals surface area contributed by atoms with Gasteiger partial charge in [0.2, 0.25) is 0 Å². The molecule has 1 saturated carbocycles. The predicted octanol–water partition coefficient (Wildman–Crippen LogP) is 1.70. The van der Waals surface area contributed by atoms with Crippen molar-refractivity contribution in [1.82, 2.24) is 4.98 Å². The van der Waals surface area contributed by atoms with Crippen molar-refractivity contribution in [1.29, 1.82) is 5.26 Å². The first kappa shape index (κ1) is 9.88. The van der Waals surface area contributed by atoms with Crippen LogP contribution in [0.5, 0.6) is 0 Å². The van der Waals surface area contributed by atoms with Gasteiger partial charge in [0.1, 0.15) is 0 Å². The third kappa shape index (κ3) is 1.43. The molecule has 0 aromatic carbocycles. The molecule has 76 valence electrons. The number of nitrogens with zero attached hydrogens (tertiary/aromatic N) is 2. The molecule has 2 unspecified atom stereocenters. The van der Waals surface area contributed by atoms with E-state index in [-0.39, 0.29) is 5.92 Å². The standard InChI is InChI=1S/C12H13N3/c1-2-10-3-5-12(10,14)11-7-9(8-13)4-6-15-11/h2,4,6-7,10H,1,3,5,14H2. The second kappa shape index (κ2) is 3.48. The van der Waals surface area contributed by atoms with Crippen LogP contribution in [0, 0.1) is 17.2 Å². The Labute approximate surface area is 89.2 Å². The van der Waals surface area contributed by atoms with Gasteiger partial charge in [-0.3, -0.25) is 4.98 Å². The fourth-order valence-corrected chi connectivity index (χ4v) is 2.02. The molecule has 1 heterocycles. The molecular weight excluding hydrogens is 186 g/mol. The zero-order chi connectivity index (χ0) is 10.9. The summed E-state index contributed by atoms with van der Waals surface area (Å²) in [5.74, 6) is 0.277. The van der Waals surface area contributed by atoms with Gasteiger partial charge < -0.3 is 5.73 Å². The lowest BCUT2D eigenvalue weighted by Gasteiger charge is -2.44. The van der Waals surface area contributed by atoms with Crippen molar-refractivity contribution in [3.8, 4) is 6.07 Å². The molecule has 1 aliphatic rings. The molecule has 0 amide bonds. The van der Waals surface area contributed by atoms with Gasteiger partial charge in [-0.25, -0.2) is 0 Å².